The second kappa shape index (κ2) is 2.22. The quantitative estimate of drug-likeness (QED) is 0.496. The zero-order chi connectivity index (χ0) is 5.45. The first-order valence-electron chi connectivity index (χ1n) is 0.913. The van der Waals surface area contributed by atoms with E-state index in [1.54, 1.807) is 0 Å². The topological polar surface area (TPSA) is 85.3 Å². The molecule has 5 nitrogen and oxygen atoms in total. The van der Waals surface area contributed by atoms with E-state index in [0.29, 0.717) is 0 Å². The maximum absolute atomic E-state index is 8.67. The molecule has 0 saturated heterocycles. The van der Waals surface area contributed by atoms with E-state index in [2.05, 4.69) is 0 Å². The second-order valence-corrected chi connectivity index (χ2v) is 6.10. The Morgan fingerprint density at radius 3 is 0.714 bits per heavy atom. The van der Waals surface area contributed by atoms with Gasteiger partial charge >= 0.3 is 77.4 Å². The zero-order valence-electron chi connectivity index (χ0n) is 2.49. The number of hydrogen-bond donors (Lipinski definition) is 0. The third kappa shape index (κ3) is 132. The third-order valence-electron chi connectivity index (χ3n) is 0. The van der Waals surface area contributed by atoms with Crippen LogP contribution in [0.15, 0.2) is 0 Å². The van der Waals surface area contributed by atoms with E-state index in [1.165, 1.54) is 0 Å². The Labute approximate surface area is 76.0 Å². The van der Waals surface area contributed by atoms with Gasteiger partial charge in [-0.1, -0.05) is 0 Å². The molecule has 0 atom stereocenters. The minimum atomic E-state index is -8.05. The molecule has 0 aromatic rings. The monoisotopic (exact) mass is 351 g/mol. The molecule has 0 aliphatic heterocycles. The van der Waals surface area contributed by atoms with Crippen molar-refractivity contribution in [2.75, 3.05) is 0 Å². The van der Waals surface area contributed by atoms with Gasteiger partial charge in [-0.3, -0.25) is 0 Å². The average Bonchev–Trinajstić information content (AvgIpc) is 0.650. The summed E-state index contributed by atoms with van der Waals surface area (Å²) in [5.41, 5.74) is 0. The van der Waals surface area contributed by atoms with Gasteiger partial charge in [0, 0.05) is 0 Å². The molecule has 0 N–H and O–H groups in total. The van der Waals surface area contributed by atoms with Crippen LogP contribution >= 0.6 is 0 Å². The fourth-order valence-electron chi connectivity index (χ4n) is 0. The summed E-state index contributed by atoms with van der Waals surface area (Å²) in [6, 6.07) is 0. The Kier molecular flexibility index (Phi) is 3.51. The number of rotatable bonds is 0. The van der Waals surface area contributed by atoms with Crippen molar-refractivity contribution in [2.24, 2.45) is 0 Å². The molecule has 0 bridgehead atoms. The molecule has 0 rings (SSSR count). The molecule has 0 radical (unpaired) electrons. The van der Waals surface area contributed by atoms with Crippen LogP contribution in [-0.4, -0.2) is 45.5 Å². The fraction of sp³-hybridized carbons (Fsp3) is 0. The van der Waals surface area contributed by atoms with Crippen LogP contribution in [0.5, 0.6) is 0 Å². The van der Waals surface area contributed by atoms with Crippen LogP contribution in [0.2, 0.25) is 0 Å². The summed E-state index contributed by atoms with van der Waals surface area (Å²) in [6.45, 7) is 0. The van der Waals surface area contributed by atoms with Gasteiger partial charge < -0.3 is 0 Å². The van der Waals surface area contributed by atoms with Crippen LogP contribution in [0.4, 0.5) is 0 Å². The van der Waals surface area contributed by atoms with Gasteiger partial charge in [0.05, 0.1) is 0 Å². The molecule has 0 aliphatic rings. The van der Waals surface area contributed by atoms with E-state index in [1.807, 2.05) is 0 Å². The van der Waals surface area contributed by atoms with Crippen LogP contribution in [0, 0.1) is 0 Å². The Morgan fingerprint density at radius 2 is 0.714 bits per heavy atom. The van der Waals surface area contributed by atoms with E-state index < -0.39 is 15.7 Å². The van der Waals surface area contributed by atoms with E-state index >= 15 is 0 Å². The van der Waals surface area contributed by atoms with Crippen molar-refractivity contribution in [3.8, 4) is 0 Å². The summed E-state index contributed by atoms with van der Waals surface area (Å²) in [6.07, 6.45) is 0. The summed E-state index contributed by atoms with van der Waals surface area (Å²) in [7, 11) is 0. The fourth-order valence-corrected chi connectivity index (χ4v) is 0. The molecular formula is H2O5SrTa. The molecule has 0 spiro atoms. The first kappa shape index (κ1) is 11.1. The Morgan fingerprint density at radius 1 is 0.714 bits per heavy atom. The first-order valence-corrected chi connectivity index (χ1v) is 7.47. The molecular weight excluding hydrogens is 349 g/mol. The normalized spacial score (nSPS) is 8.57. The Hall–Kier alpha value is 1.22. The third-order valence-corrected chi connectivity index (χ3v) is 0. The van der Waals surface area contributed by atoms with Crippen LogP contribution in [0.1, 0.15) is 0 Å². The summed E-state index contributed by atoms with van der Waals surface area (Å²) in [5.74, 6) is 0. The molecule has 0 amide bonds. The van der Waals surface area contributed by atoms with Crippen molar-refractivity contribution in [3.63, 3.8) is 0 Å². The molecule has 0 heterocycles. The molecule has 0 aliphatic carbocycles. The predicted molar refractivity (Wildman–Crippen MR) is 12.0 cm³/mol. The van der Waals surface area contributed by atoms with E-state index in [0.717, 1.165) is 0 Å². The van der Waals surface area contributed by atoms with E-state index in [-0.39, 0.29) is 45.5 Å². The van der Waals surface area contributed by atoms with Gasteiger partial charge in [0.15, 0.2) is 0 Å². The summed E-state index contributed by atoms with van der Waals surface area (Å²) >= 11 is -8.05. The Balaban J connectivity index is 0. The second-order valence-electron chi connectivity index (χ2n) is 0.745. The van der Waals surface area contributed by atoms with Gasteiger partial charge in [-0.2, -0.15) is 0 Å². The van der Waals surface area contributed by atoms with Crippen molar-refractivity contribution in [2.45, 2.75) is 0 Å². The predicted octanol–water partition coefficient (Wildman–Crippen LogP) is -1.51. The average molecular weight is 351 g/mol. The molecule has 0 aromatic heterocycles. The van der Waals surface area contributed by atoms with Crippen molar-refractivity contribution in [1.82, 2.24) is 0 Å². The van der Waals surface area contributed by atoms with E-state index in [4.69, 9.17) is 16.3 Å². The standard InChI is InChI=1S/5O.Sr.Ta.2H. The van der Waals surface area contributed by atoms with Crippen LogP contribution < -0.4 is 0 Å². The van der Waals surface area contributed by atoms with Gasteiger partial charge in [0.1, 0.15) is 0 Å². The molecule has 0 aromatic carbocycles. The molecule has 0 saturated carbocycles. The van der Waals surface area contributed by atoms with Crippen molar-refractivity contribution in [3.05, 3.63) is 0 Å². The summed E-state index contributed by atoms with van der Waals surface area (Å²) in [4.78, 5) is 0. The molecule has 7 heteroatoms. The molecule has 39 valence electrons. The maximum atomic E-state index is 8.67. The summed E-state index contributed by atoms with van der Waals surface area (Å²) < 4.78 is 43.4. The van der Waals surface area contributed by atoms with Crippen LogP contribution in [0.3, 0.4) is 0 Å². The van der Waals surface area contributed by atoms with Gasteiger partial charge in [0.2, 0.25) is 0 Å². The van der Waals surface area contributed by atoms with Gasteiger partial charge in [0.25, 0.3) is 0 Å². The van der Waals surface area contributed by atoms with Crippen LogP contribution in [0.25, 0.3) is 0 Å². The SMILES string of the molecule is [O]=[Ta](=[O])(=[O])(=[O])=[O].[SrH2]. The first-order chi connectivity index (χ1) is 2.24. The zero-order valence-corrected chi connectivity index (χ0v) is 5.70. The van der Waals surface area contributed by atoms with Crippen molar-refractivity contribution < 1.29 is 31.9 Å². The van der Waals surface area contributed by atoms with Crippen molar-refractivity contribution >= 4 is 45.5 Å². The van der Waals surface area contributed by atoms with Gasteiger partial charge in [-0.25, -0.2) is 0 Å². The Bertz CT molecular complexity index is 278. The summed E-state index contributed by atoms with van der Waals surface area (Å²) in [5, 5.41) is 0. The molecule has 7 heavy (non-hydrogen) atoms. The van der Waals surface area contributed by atoms with Gasteiger partial charge in [-0.05, 0) is 0 Å². The minimum absolute atomic E-state index is 0. The van der Waals surface area contributed by atoms with Crippen molar-refractivity contribution in [1.29, 1.82) is 0 Å². The molecule has 0 fully saturated rings. The number of hydrogen-bond acceptors (Lipinski definition) is 5. The van der Waals surface area contributed by atoms with Gasteiger partial charge in [-0.15, -0.1) is 0 Å². The van der Waals surface area contributed by atoms with E-state index in [9.17, 15) is 0 Å². The molecule has 0 unspecified atom stereocenters. The van der Waals surface area contributed by atoms with Crippen LogP contribution in [-0.2, 0) is 31.9 Å².